The second-order valence-electron chi connectivity index (χ2n) is 5.07. The van der Waals surface area contributed by atoms with Gasteiger partial charge in [-0.05, 0) is 44.0 Å². The Balaban J connectivity index is 0.00000200. The summed E-state index contributed by atoms with van der Waals surface area (Å²) in [5.41, 5.74) is 0.971. The van der Waals surface area contributed by atoms with Gasteiger partial charge in [0.25, 0.3) is 0 Å². The summed E-state index contributed by atoms with van der Waals surface area (Å²) in [5.74, 6) is -0.00295. The van der Waals surface area contributed by atoms with E-state index in [9.17, 15) is 9.18 Å². The summed E-state index contributed by atoms with van der Waals surface area (Å²) < 4.78 is 13.2. The number of hydrogen-bond donors (Lipinski definition) is 1. The third kappa shape index (κ3) is 4.46. The standard InChI is InChI=1S/C15H21FN2O.ClH/c1-17-8-7-15(19)18-9-3-6-14(18)11-12-4-2-5-13(16)10-12;/h2,4-5,10,14,17H,3,6-9,11H2,1H3;1H. The molecule has 1 amide bonds. The first-order valence-corrected chi connectivity index (χ1v) is 6.89. The molecule has 1 saturated heterocycles. The molecule has 1 unspecified atom stereocenters. The van der Waals surface area contributed by atoms with E-state index in [-0.39, 0.29) is 30.2 Å². The van der Waals surface area contributed by atoms with E-state index < -0.39 is 0 Å². The van der Waals surface area contributed by atoms with Gasteiger partial charge in [0, 0.05) is 25.6 Å². The molecule has 1 atom stereocenters. The summed E-state index contributed by atoms with van der Waals surface area (Å²) in [6.45, 7) is 1.55. The van der Waals surface area contributed by atoms with Crippen LogP contribution in [0.2, 0.25) is 0 Å². The molecule has 1 aromatic carbocycles. The molecular weight excluding hydrogens is 279 g/mol. The van der Waals surface area contributed by atoms with Gasteiger partial charge in [-0.1, -0.05) is 12.1 Å². The van der Waals surface area contributed by atoms with Crippen molar-refractivity contribution in [3.63, 3.8) is 0 Å². The van der Waals surface area contributed by atoms with E-state index in [4.69, 9.17) is 0 Å². The van der Waals surface area contributed by atoms with E-state index in [1.807, 2.05) is 18.0 Å². The van der Waals surface area contributed by atoms with Crippen LogP contribution in [-0.2, 0) is 11.2 Å². The maximum absolute atomic E-state index is 13.2. The van der Waals surface area contributed by atoms with Crippen LogP contribution in [0.3, 0.4) is 0 Å². The minimum Gasteiger partial charge on any atom is -0.339 e. The molecule has 3 nitrogen and oxygen atoms in total. The number of hydrogen-bond acceptors (Lipinski definition) is 2. The lowest BCUT2D eigenvalue weighted by Gasteiger charge is -2.25. The lowest BCUT2D eigenvalue weighted by atomic mass is 10.0. The van der Waals surface area contributed by atoms with Gasteiger partial charge in [0.05, 0.1) is 0 Å². The Morgan fingerprint density at radius 1 is 1.50 bits per heavy atom. The Kier molecular flexibility index (Phi) is 6.96. The number of nitrogens with zero attached hydrogens (tertiary/aromatic N) is 1. The molecule has 0 saturated carbocycles. The summed E-state index contributed by atoms with van der Waals surface area (Å²) in [6.07, 6.45) is 3.35. The highest BCUT2D eigenvalue weighted by atomic mass is 35.5. The molecule has 1 heterocycles. The number of carbonyl (C=O) groups is 1. The van der Waals surface area contributed by atoms with Crippen LogP contribution in [0.4, 0.5) is 4.39 Å². The maximum Gasteiger partial charge on any atom is 0.224 e. The van der Waals surface area contributed by atoms with Gasteiger partial charge < -0.3 is 10.2 Å². The Hall–Kier alpha value is -1.13. The number of likely N-dealkylation sites (tertiary alicyclic amines) is 1. The molecule has 112 valence electrons. The van der Waals surface area contributed by atoms with Crippen LogP contribution in [-0.4, -0.2) is 37.0 Å². The van der Waals surface area contributed by atoms with Gasteiger partial charge in [0.15, 0.2) is 0 Å². The number of benzene rings is 1. The summed E-state index contributed by atoms with van der Waals surface area (Å²) >= 11 is 0. The van der Waals surface area contributed by atoms with Gasteiger partial charge in [-0.25, -0.2) is 4.39 Å². The molecule has 2 rings (SSSR count). The van der Waals surface area contributed by atoms with Crippen molar-refractivity contribution in [2.24, 2.45) is 0 Å². The third-order valence-corrected chi connectivity index (χ3v) is 3.65. The molecule has 0 radical (unpaired) electrons. The molecule has 0 bridgehead atoms. The van der Waals surface area contributed by atoms with Gasteiger partial charge >= 0.3 is 0 Å². The molecular formula is C15H22ClFN2O. The SMILES string of the molecule is CNCCC(=O)N1CCCC1Cc1cccc(F)c1.Cl. The maximum atomic E-state index is 13.2. The lowest BCUT2D eigenvalue weighted by molar-refractivity contribution is -0.131. The predicted molar refractivity (Wildman–Crippen MR) is 80.6 cm³/mol. The summed E-state index contributed by atoms with van der Waals surface area (Å²) in [6, 6.07) is 6.90. The van der Waals surface area contributed by atoms with Crippen LogP contribution in [0.5, 0.6) is 0 Å². The number of rotatable bonds is 5. The number of nitrogens with one attached hydrogen (secondary N) is 1. The molecule has 0 aliphatic carbocycles. The molecule has 1 fully saturated rings. The minimum absolute atomic E-state index is 0. The smallest absolute Gasteiger partial charge is 0.224 e. The van der Waals surface area contributed by atoms with E-state index in [1.165, 1.54) is 6.07 Å². The van der Waals surface area contributed by atoms with E-state index >= 15 is 0 Å². The van der Waals surface area contributed by atoms with Crippen molar-refractivity contribution >= 4 is 18.3 Å². The average molecular weight is 301 g/mol. The molecule has 1 N–H and O–H groups in total. The average Bonchev–Trinajstić information content (AvgIpc) is 2.84. The number of carbonyl (C=O) groups excluding carboxylic acids is 1. The molecule has 0 aromatic heterocycles. The highest BCUT2D eigenvalue weighted by Gasteiger charge is 2.28. The number of amides is 1. The van der Waals surface area contributed by atoms with Gasteiger partial charge in [-0.2, -0.15) is 0 Å². The van der Waals surface area contributed by atoms with Crippen LogP contribution in [0.25, 0.3) is 0 Å². The van der Waals surface area contributed by atoms with Crippen LogP contribution in [0, 0.1) is 5.82 Å². The van der Waals surface area contributed by atoms with Crippen molar-refractivity contribution in [1.29, 1.82) is 0 Å². The normalized spacial score (nSPS) is 17.9. The first-order chi connectivity index (χ1) is 9.20. The van der Waals surface area contributed by atoms with Crippen LogP contribution in [0.15, 0.2) is 24.3 Å². The lowest BCUT2D eigenvalue weighted by Crippen LogP contribution is -2.37. The predicted octanol–water partition coefficient (Wildman–Crippen LogP) is 2.39. The third-order valence-electron chi connectivity index (χ3n) is 3.65. The monoisotopic (exact) mass is 300 g/mol. The minimum atomic E-state index is -0.205. The van der Waals surface area contributed by atoms with Crippen molar-refractivity contribution in [3.8, 4) is 0 Å². The van der Waals surface area contributed by atoms with Gasteiger partial charge in [0.2, 0.25) is 5.91 Å². The van der Waals surface area contributed by atoms with Crippen molar-refractivity contribution in [1.82, 2.24) is 10.2 Å². The van der Waals surface area contributed by atoms with Crippen LogP contribution >= 0.6 is 12.4 Å². The summed E-state index contributed by atoms with van der Waals surface area (Å²) in [4.78, 5) is 14.0. The quantitative estimate of drug-likeness (QED) is 0.905. The van der Waals surface area contributed by atoms with E-state index in [1.54, 1.807) is 12.1 Å². The Morgan fingerprint density at radius 2 is 2.30 bits per heavy atom. The molecule has 1 aliphatic heterocycles. The second-order valence-corrected chi connectivity index (χ2v) is 5.07. The van der Waals surface area contributed by atoms with Crippen molar-refractivity contribution in [2.45, 2.75) is 31.7 Å². The van der Waals surface area contributed by atoms with Gasteiger partial charge in [-0.15, -0.1) is 12.4 Å². The zero-order valence-corrected chi connectivity index (χ0v) is 12.6. The Morgan fingerprint density at radius 3 is 3.00 bits per heavy atom. The molecule has 1 aromatic rings. The van der Waals surface area contributed by atoms with E-state index in [2.05, 4.69) is 5.32 Å². The van der Waals surface area contributed by atoms with Crippen molar-refractivity contribution < 1.29 is 9.18 Å². The Labute approximate surface area is 125 Å². The summed E-state index contributed by atoms with van der Waals surface area (Å²) in [5, 5.41) is 3.00. The topological polar surface area (TPSA) is 32.3 Å². The molecule has 5 heteroatoms. The zero-order valence-electron chi connectivity index (χ0n) is 11.8. The fourth-order valence-corrected chi connectivity index (χ4v) is 2.69. The molecule has 1 aliphatic rings. The first-order valence-electron chi connectivity index (χ1n) is 6.89. The number of halogens is 2. The van der Waals surface area contributed by atoms with E-state index in [0.717, 1.165) is 31.4 Å². The largest absolute Gasteiger partial charge is 0.339 e. The second kappa shape index (κ2) is 8.22. The van der Waals surface area contributed by atoms with Crippen molar-refractivity contribution in [3.05, 3.63) is 35.6 Å². The van der Waals surface area contributed by atoms with Crippen LogP contribution < -0.4 is 5.32 Å². The van der Waals surface area contributed by atoms with E-state index in [0.29, 0.717) is 13.0 Å². The Bertz CT molecular complexity index is 442. The van der Waals surface area contributed by atoms with Gasteiger partial charge in [0.1, 0.15) is 5.82 Å². The summed E-state index contributed by atoms with van der Waals surface area (Å²) in [7, 11) is 1.85. The van der Waals surface area contributed by atoms with Gasteiger partial charge in [-0.3, -0.25) is 4.79 Å². The fourth-order valence-electron chi connectivity index (χ4n) is 2.69. The molecule has 0 spiro atoms. The first kappa shape index (κ1) is 16.9. The van der Waals surface area contributed by atoms with Crippen molar-refractivity contribution in [2.75, 3.05) is 20.1 Å². The fraction of sp³-hybridized carbons (Fsp3) is 0.533. The zero-order chi connectivity index (χ0) is 13.7. The molecule has 20 heavy (non-hydrogen) atoms. The highest BCUT2D eigenvalue weighted by Crippen LogP contribution is 2.22. The van der Waals surface area contributed by atoms with Crippen LogP contribution in [0.1, 0.15) is 24.8 Å². The highest BCUT2D eigenvalue weighted by molar-refractivity contribution is 5.85.